The molecular weight excluding hydrogens is 632 g/mol. The van der Waals surface area contributed by atoms with Crippen LogP contribution in [0, 0.1) is 11.8 Å². The number of nitrogens with one attached hydrogen (secondary N) is 2. The zero-order chi connectivity index (χ0) is 34.8. The van der Waals surface area contributed by atoms with Gasteiger partial charge in [0, 0.05) is 33.2 Å². The van der Waals surface area contributed by atoms with Crippen LogP contribution < -0.4 is 22.1 Å². The standard InChI is InChI=1S/C32H51ClN6O8/c1-17(2)12-23(38-29(44)27(42)14-18-7-10-26(41)21(33)13-18)30(45)39-24-16-20(40)9-8-19(24)15-25(39)28(43)37-22(31(46-3)47-4)6-5-11-36-32(34)35/h7,10,13,17,19-20,22-25,27,31,40-42H,5-6,8-9,11-12,14-16H2,1-4H3,(H,37,43)(H,38,44)(H4,34,35,36)/t19-,20+,22-,23+,24-,25-,27+/m0/s1. The van der Waals surface area contributed by atoms with Crippen molar-refractivity contribution in [2.45, 2.75) is 108 Å². The Balaban J connectivity index is 1.84. The van der Waals surface area contributed by atoms with Crippen molar-refractivity contribution >= 4 is 35.3 Å². The van der Waals surface area contributed by atoms with Gasteiger partial charge in [0.15, 0.2) is 12.2 Å². The third kappa shape index (κ3) is 10.7. The number of rotatable bonds is 16. The number of phenols is 1. The van der Waals surface area contributed by atoms with Crippen LogP contribution in [0.4, 0.5) is 0 Å². The number of nitrogens with zero attached hydrogens (tertiary/aromatic N) is 2. The Kier molecular flexibility index (Phi) is 14.5. The van der Waals surface area contributed by atoms with Gasteiger partial charge in [0.05, 0.1) is 17.2 Å². The Bertz CT molecular complexity index is 1240. The molecule has 3 amide bonds. The van der Waals surface area contributed by atoms with E-state index < -0.39 is 60.4 Å². The number of benzene rings is 1. The number of aliphatic imine (C=N–C) groups is 1. The van der Waals surface area contributed by atoms with Crippen molar-refractivity contribution in [3.8, 4) is 5.75 Å². The zero-order valence-corrected chi connectivity index (χ0v) is 28.4. The van der Waals surface area contributed by atoms with Gasteiger partial charge in [-0.3, -0.25) is 19.4 Å². The molecule has 15 heteroatoms. The van der Waals surface area contributed by atoms with Crippen LogP contribution in [0.3, 0.4) is 0 Å². The fourth-order valence-electron chi connectivity index (χ4n) is 6.62. The summed E-state index contributed by atoms with van der Waals surface area (Å²) in [5.41, 5.74) is 11.4. The van der Waals surface area contributed by atoms with Crippen LogP contribution >= 0.6 is 11.6 Å². The molecule has 1 saturated heterocycles. The van der Waals surface area contributed by atoms with Crippen molar-refractivity contribution in [1.82, 2.24) is 15.5 Å². The number of hydrogen-bond acceptors (Lipinski definition) is 9. The fraction of sp³-hybridized carbons (Fsp3) is 0.688. The number of guanidine groups is 1. The third-order valence-corrected chi connectivity index (χ3v) is 9.16. The van der Waals surface area contributed by atoms with Crippen molar-refractivity contribution < 1.29 is 39.2 Å². The summed E-state index contributed by atoms with van der Waals surface area (Å²) in [5.74, 6) is -1.79. The van der Waals surface area contributed by atoms with Crippen molar-refractivity contribution in [1.29, 1.82) is 0 Å². The van der Waals surface area contributed by atoms with Crippen LogP contribution in [0.1, 0.15) is 64.4 Å². The average Bonchev–Trinajstić information content (AvgIpc) is 3.39. The number of phenolic OH excluding ortho intramolecular Hbond substituents is 1. The SMILES string of the molecule is COC(OC)[C@H](CCCN=C(N)N)NC(=O)[C@@H]1C[C@@H]2CC[C@@H](O)C[C@@H]2N1C(=O)[C@@H](CC(C)C)NC(=O)[C@H](O)Cc1ccc(O)c(Cl)c1. The van der Waals surface area contributed by atoms with Gasteiger partial charge >= 0.3 is 0 Å². The molecule has 1 saturated carbocycles. The number of fused-ring (bicyclic) bond motifs is 1. The first kappa shape index (κ1) is 38.3. The van der Waals surface area contributed by atoms with Gasteiger partial charge in [-0.15, -0.1) is 0 Å². The molecule has 0 aromatic heterocycles. The summed E-state index contributed by atoms with van der Waals surface area (Å²) < 4.78 is 10.9. The molecule has 0 unspecified atom stereocenters. The second kappa shape index (κ2) is 17.8. The van der Waals surface area contributed by atoms with E-state index in [4.69, 9.17) is 32.5 Å². The molecule has 264 valence electrons. The number of nitrogens with two attached hydrogens (primary N) is 2. The second-order valence-electron chi connectivity index (χ2n) is 12.9. The Morgan fingerprint density at radius 2 is 1.83 bits per heavy atom. The highest BCUT2D eigenvalue weighted by molar-refractivity contribution is 6.32. The van der Waals surface area contributed by atoms with Crippen LogP contribution in [0.15, 0.2) is 23.2 Å². The van der Waals surface area contributed by atoms with E-state index in [2.05, 4.69) is 15.6 Å². The first-order chi connectivity index (χ1) is 22.2. The van der Waals surface area contributed by atoms with Crippen LogP contribution in [0.25, 0.3) is 0 Å². The molecule has 0 radical (unpaired) electrons. The van der Waals surface area contributed by atoms with Crippen molar-refractivity contribution in [2.24, 2.45) is 28.3 Å². The molecule has 2 aliphatic rings. The van der Waals surface area contributed by atoms with Crippen molar-refractivity contribution in [3.63, 3.8) is 0 Å². The summed E-state index contributed by atoms with van der Waals surface area (Å²) in [6.45, 7) is 4.16. The van der Waals surface area contributed by atoms with Crippen molar-refractivity contribution in [3.05, 3.63) is 28.8 Å². The lowest BCUT2D eigenvalue weighted by atomic mass is 9.83. The van der Waals surface area contributed by atoms with Crippen LogP contribution in [-0.2, 0) is 30.3 Å². The largest absolute Gasteiger partial charge is 0.506 e. The molecule has 47 heavy (non-hydrogen) atoms. The predicted octanol–water partition coefficient (Wildman–Crippen LogP) is 0.768. The number of halogens is 1. The monoisotopic (exact) mass is 682 g/mol. The van der Waals surface area contributed by atoms with Gasteiger partial charge in [-0.05, 0) is 74.5 Å². The number of likely N-dealkylation sites (tertiary alicyclic amines) is 1. The molecule has 1 heterocycles. The minimum Gasteiger partial charge on any atom is -0.506 e. The van der Waals surface area contributed by atoms with E-state index >= 15 is 0 Å². The summed E-state index contributed by atoms with van der Waals surface area (Å²) in [5, 5.41) is 36.9. The molecule has 1 aromatic carbocycles. The maximum Gasteiger partial charge on any atom is 0.249 e. The minimum absolute atomic E-state index is 0.0145. The zero-order valence-electron chi connectivity index (χ0n) is 27.6. The normalized spacial score (nSPS) is 22.8. The molecule has 7 atom stereocenters. The summed E-state index contributed by atoms with van der Waals surface area (Å²) in [7, 11) is 2.93. The van der Waals surface area contributed by atoms with E-state index in [1.807, 2.05) is 13.8 Å². The van der Waals surface area contributed by atoms with Gasteiger partial charge in [-0.2, -0.15) is 0 Å². The number of ether oxygens (including phenoxy) is 2. The summed E-state index contributed by atoms with van der Waals surface area (Å²) in [4.78, 5) is 47.2. The second-order valence-corrected chi connectivity index (χ2v) is 13.3. The lowest BCUT2D eigenvalue weighted by Crippen LogP contribution is -2.59. The number of amides is 3. The Hall–Kier alpha value is -3.17. The van der Waals surface area contributed by atoms with Gasteiger partial charge in [-0.25, -0.2) is 0 Å². The van der Waals surface area contributed by atoms with Crippen molar-refractivity contribution in [2.75, 3.05) is 20.8 Å². The van der Waals surface area contributed by atoms with E-state index in [0.29, 0.717) is 50.6 Å². The molecule has 0 bridgehead atoms. The first-order valence-corrected chi connectivity index (χ1v) is 16.5. The highest BCUT2D eigenvalue weighted by Crippen LogP contribution is 2.40. The van der Waals surface area contributed by atoms with Gasteiger partial charge in [0.2, 0.25) is 17.7 Å². The van der Waals surface area contributed by atoms with E-state index in [-0.39, 0.29) is 41.4 Å². The molecule has 2 fully saturated rings. The first-order valence-electron chi connectivity index (χ1n) is 16.1. The van der Waals surface area contributed by atoms with Crippen LogP contribution in [0.5, 0.6) is 5.75 Å². The molecule has 0 spiro atoms. The molecule has 1 aliphatic heterocycles. The number of aliphatic hydroxyl groups excluding tert-OH is 2. The van der Waals surface area contributed by atoms with Crippen LogP contribution in [0.2, 0.25) is 5.02 Å². The minimum atomic E-state index is -1.50. The quantitative estimate of drug-likeness (QED) is 0.0561. The maximum absolute atomic E-state index is 14.4. The number of aliphatic hydroxyl groups is 2. The van der Waals surface area contributed by atoms with E-state index in [9.17, 15) is 29.7 Å². The van der Waals surface area contributed by atoms with Crippen LogP contribution in [-0.4, -0.2) is 107 Å². The molecule has 1 aliphatic carbocycles. The number of aromatic hydroxyl groups is 1. The lowest BCUT2D eigenvalue weighted by molar-refractivity contribution is -0.149. The number of carbonyl (C=O) groups excluding carboxylic acids is 3. The number of carbonyl (C=O) groups is 3. The third-order valence-electron chi connectivity index (χ3n) is 8.86. The fourth-order valence-corrected chi connectivity index (χ4v) is 6.82. The highest BCUT2D eigenvalue weighted by atomic mass is 35.5. The van der Waals surface area contributed by atoms with Gasteiger partial charge in [0.25, 0.3) is 0 Å². The summed E-state index contributed by atoms with van der Waals surface area (Å²) in [6.07, 6.45) is 0.150. The topological polar surface area (TPSA) is 222 Å². The Labute approximate surface area is 281 Å². The Morgan fingerprint density at radius 3 is 2.45 bits per heavy atom. The van der Waals surface area contributed by atoms with Gasteiger partial charge < -0.3 is 51.8 Å². The maximum atomic E-state index is 14.4. The number of hydrogen-bond donors (Lipinski definition) is 7. The average molecular weight is 683 g/mol. The number of methoxy groups -OCH3 is 2. The van der Waals surface area contributed by atoms with Gasteiger partial charge in [-0.1, -0.05) is 31.5 Å². The van der Waals surface area contributed by atoms with E-state index in [1.165, 1.54) is 31.3 Å². The molecule has 1 aromatic rings. The smallest absolute Gasteiger partial charge is 0.249 e. The predicted molar refractivity (Wildman–Crippen MR) is 176 cm³/mol. The molecule has 14 nitrogen and oxygen atoms in total. The summed E-state index contributed by atoms with van der Waals surface area (Å²) in [6, 6.07) is 1.49. The van der Waals surface area contributed by atoms with E-state index in [1.54, 1.807) is 6.07 Å². The van der Waals surface area contributed by atoms with E-state index in [0.717, 1.165) is 0 Å². The summed E-state index contributed by atoms with van der Waals surface area (Å²) >= 11 is 5.99. The molecule has 9 N–H and O–H groups in total. The van der Waals surface area contributed by atoms with Gasteiger partial charge in [0.1, 0.15) is 23.9 Å². The lowest BCUT2D eigenvalue weighted by Gasteiger charge is -2.38. The molecular formula is C32H51ClN6O8. The molecule has 3 rings (SSSR count). The highest BCUT2D eigenvalue weighted by Gasteiger charge is 2.50. The Morgan fingerprint density at radius 1 is 1.13 bits per heavy atom.